The van der Waals surface area contributed by atoms with Crippen LogP contribution in [0.4, 0.5) is 0 Å². The summed E-state index contributed by atoms with van der Waals surface area (Å²) in [6, 6.07) is 11.0. The van der Waals surface area contributed by atoms with Gasteiger partial charge in [0.25, 0.3) is 0 Å². The van der Waals surface area contributed by atoms with Crippen LogP contribution < -0.4 is 0 Å². The highest BCUT2D eigenvalue weighted by molar-refractivity contribution is 7.71. The van der Waals surface area contributed by atoms with Gasteiger partial charge in [0.15, 0.2) is 0 Å². The third-order valence-corrected chi connectivity index (χ3v) is 4.44. The summed E-state index contributed by atoms with van der Waals surface area (Å²) in [6.45, 7) is 6.07. The first-order valence-electron chi connectivity index (χ1n) is 8.88. The SMILES string of the molecule is CC.CCc1c[nH]ncc1=S.c1ccc(C2CCCCC2)cc1. The first-order chi connectivity index (χ1) is 11.3. The van der Waals surface area contributed by atoms with E-state index in [0.717, 1.165) is 22.4 Å². The smallest absolute Gasteiger partial charge is 0.0656 e. The molecule has 3 heteroatoms. The highest BCUT2D eigenvalue weighted by Crippen LogP contribution is 2.32. The molecule has 0 amide bonds. The fourth-order valence-electron chi connectivity index (χ4n) is 2.80. The van der Waals surface area contributed by atoms with Crippen molar-refractivity contribution in [2.75, 3.05) is 0 Å². The van der Waals surface area contributed by atoms with Gasteiger partial charge in [0.2, 0.25) is 0 Å². The van der Waals surface area contributed by atoms with Crippen molar-refractivity contribution in [2.24, 2.45) is 0 Å². The van der Waals surface area contributed by atoms with Crippen molar-refractivity contribution in [3.05, 3.63) is 58.4 Å². The van der Waals surface area contributed by atoms with Crippen LogP contribution in [0.15, 0.2) is 42.7 Å². The molecule has 23 heavy (non-hydrogen) atoms. The van der Waals surface area contributed by atoms with Crippen LogP contribution in [0.1, 0.15) is 69.9 Å². The quantitative estimate of drug-likeness (QED) is 0.640. The molecule has 2 nitrogen and oxygen atoms in total. The van der Waals surface area contributed by atoms with E-state index in [0.29, 0.717) is 0 Å². The second-order valence-electron chi connectivity index (χ2n) is 5.52. The van der Waals surface area contributed by atoms with E-state index in [9.17, 15) is 0 Å². The Morgan fingerprint density at radius 3 is 2.26 bits per heavy atom. The van der Waals surface area contributed by atoms with Gasteiger partial charge in [-0.3, -0.25) is 5.10 Å². The zero-order valence-corrected chi connectivity index (χ0v) is 15.5. The first-order valence-corrected chi connectivity index (χ1v) is 9.29. The number of H-pyrrole nitrogens is 1. The van der Waals surface area contributed by atoms with E-state index in [1.165, 1.54) is 32.1 Å². The molecule has 1 saturated carbocycles. The van der Waals surface area contributed by atoms with Crippen LogP contribution in [-0.2, 0) is 6.42 Å². The Bertz CT molecular complexity index is 571. The Balaban J connectivity index is 0.000000215. The summed E-state index contributed by atoms with van der Waals surface area (Å²) in [6.07, 6.45) is 11.6. The minimum atomic E-state index is 0.844. The molecular formula is C20H30N2S. The lowest BCUT2D eigenvalue weighted by molar-refractivity contribution is 0.443. The molecule has 0 spiro atoms. The van der Waals surface area contributed by atoms with Crippen molar-refractivity contribution in [2.45, 2.75) is 65.2 Å². The van der Waals surface area contributed by atoms with Gasteiger partial charge < -0.3 is 0 Å². The molecule has 126 valence electrons. The average molecular weight is 331 g/mol. The molecule has 1 aliphatic rings. The van der Waals surface area contributed by atoms with Gasteiger partial charge in [-0.1, -0.05) is 82.6 Å². The fourth-order valence-corrected chi connectivity index (χ4v) is 3.06. The third-order valence-electron chi connectivity index (χ3n) is 4.07. The van der Waals surface area contributed by atoms with E-state index in [2.05, 4.69) is 47.5 Å². The number of nitrogens with one attached hydrogen (secondary N) is 1. The third kappa shape index (κ3) is 7.08. The largest absolute Gasteiger partial charge is 0.285 e. The number of aromatic nitrogens is 2. The summed E-state index contributed by atoms with van der Waals surface area (Å²) in [4.78, 5) is 0. The van der Waals surface area contributed by atoms with Gasteiger partial charge in [0.05, 0.1) is 10.7 Å². The lowest BCUT2D eigenvalue weighted by Gasteiger charge is -2.21. The van der Waals surface area contributed by atoms with E-state index in [1.807, 2.05) is 20.0 Å². The van der Waals surface area contributed by atoms with Crippen molar-refractivity contribution < 1.29 is 0 Å². The monoisotopic (exact) mass is 330 g/mol. The van der Waals surface area contributed by atoms with Crippen LogP contribution in [0.25, 0.3) is 0 Å². The predicted octanol–water partition coefficient (Wildman–Crippen LogP) is 6.46. The molecule has 1 aromatic heterocycles. The maximum Gasteiger partial charge on any atom is 0.0656 e. The lowest BCUT2D eigenvalue weighted by atomic mass is 9.84. The molecule has 1 aliphatic carbocycles. The van der Waals surface area contributed by atoms with Crippen LogP contribution in [-0.4, -0.2) is 10.2 Å². The van der Waals surface area contributed by atoms with Crippen molar-refractivity contribution in [3.63, 3.8) is 0 Å². The molecule has 0 unspecified atom stereocenters. The molecule has 1 aromatic carbocycles. The van der Waals surface area contributed by atoms with E-state index in [4.69, 9.17) is 12.2 Å². The molecule has 1 N–H and O–H groups in total. The van der Waals surface area contributed by atoms with Crippen LogP contribution >= 0.6 is 12.2 Å². The molecule has 0 atom stereocenters. The Hall–Kier alpha value is -1.48. The highest BCUT2D eigenvalue weighted by Gasteiger charge is 2.14. The number of hydrogen-bond acceptors (Lipinski definition) is 2. The molecule has 0 saturated heterocycles. The summed E-state index contributed by atoms with van der Waals surface area (Å²) in [5.74, 6) is 0.861. The Morgan fingerprint density at radius 2 is 1.74 bits per heavy atom. The summed E-state index contributed by atoms with van der Waals surface area (Å²) in [5, 5.41) is 6.50. The van der Waals surface area contributed by atoms with Crippen LogP contribution in [0.3, 0.4) is 0 Å². The number of aromatic amines is 1. The van der Waals surface area contributed by atoms with Gasteiger partial charge in [-0.2, -0.15) is 5.10 Å². The van der Waals surface area contributed by atoms with Crippen LogP contribution in [0, 0.1) is 4.51 Å². The highest BCUT2D eigenvalue weighted by atomic mass is 32.1. The van der Waals surface area contributed by atoms with Crippen molar-refractivity contribution in [3.8, 4) is 0 Å². The molecule has 0 aliphatic heterocycles. The first kappa shape index (κ1) is 19.6. The van der Waals surface area contributed by atoms with Crippen molar-refractivity contribution in [1.29, 1.82) is 0 Å². The summed E-state index contributed by atoms with van der Waals surface area (Å²) in [7, 11) is 0. The molecule has 3 rings (SSSR count). The van der Waals surface area contributed by atoms with Crippen molar-refractivity contribution in [1.82, 2.24) is 10.2 Å². The van der Waals surface area contributed by atoms with E-state index in [-0.39, 0.29) is 0 Å². The number of aryl methyl sites for hydroxylation is 1. The second-order valence-corrected chi connectivity index (χ2v) is 5.96. The van der Waals surface area contributed by atoms with Gasteiger partial charge in [-0.05, 0) is 36.3 Å². The number of rotatable bonds is 2. The maximum absolute atomic E-state index is 4.97. The Morgan fingerprint density at radius 1 is 1.09 bits per heavy atom. The molecule has 2 aromatic rings. The van der Waals surface area contributed by atoms with Gasteiger partial charge in [0.1, 0.15) is 0 Å². The normalized spacial score (nSPS) is 14.0. The number of benzene rings is 1. The summed E-state index contributed by atoms with van der Waals surface area (Å²) >= 11 is 4.97. The molecule has 1 heterocycles. The van der Waals surface area contributed by atoms with Crippen LogP contribution in [0.5, 0.6) is 0 Å². The van der Waals surface area contributed by atoms with Crippen molar-refractivity contribution >= 4 is 12.2 Å². The van der Waals surface area contributed by atoms with E-state index < -0.39 is 0 Å². The Labute approximate surface area is 146 Å². The van der Waals surface area contributed by atoms with Gasteiger partial charge in [-0.15, -0.1) is 0 Å². The summed E-state index contributed by atoms with van der Waals surface area (Å²) < 4.78 is 0.844. The number of hydrogen-bond donors (Lipinski definition) is 1. The molecular weight excluding hydrogens is 300 g/mol. The molecule has 0 bridgehead atoms. The van der Waals surface area contributed by atoms with Gasteiger partial charge in [0, 0.05) is 6.20 Å². The predicted molar refractivity (Wildman–Crippen MR) is 102 cm³/mol. The van der Waals surface area contributed by atoms with Gasteiger partial charge in [-0.25, -0.2) is 0 Å². The van der Waals surface area contributed by atoms with E-state index >= 15 is 0 Å². The fraction of sp³-hybridized carbons (Fsp3) is 0.500. The van der Waals surface area contributed by atoms with Crippen LogP contribution in [0.2, 0.25) is 0 Å². The standard InChI is InChI=1S/C12H16.C6H8N2S.C2H6/c1-3-7-11(8-4-1)12-9-5-2-6-10-12;1-2-5-3-7-8-4-6(5)9;1-2/h1,3-4,7-8,12H,2,5-6,9-10H2;3-4H,2H2,1H3,(H,7,9);1-2H3. The van der Waals surface area contributed by atoms with E-state index in [1.54, 1.807) is 11.8 Å². The van der Waals surface area contributed by atoms with Gasteiger partial charge >= 0.3 is 0 Å². The lowest BCUT2D eigenvalue weighted by Crippen LogP contribution is -2.03. The molecule has 1 fully saturated rings. The number of nitrogens with zero attached hydrogens (tertiary/aromatic N) is 1. The zero-order chi connectivity index (χ0) is 16.9. The maximum atomic E-state index is 4.97. The average Bonchev–Trinajstić information content (AvgIpc) is 2.66. The summed E-state index contributed by atoms with van der Waals surface area (Å²) in [5.41, 5.74) is 2.71. The minimum absolute atomic E-state index is 0.844. The zero-order valence-electron chi connectivity index (χ0n) is 14.7. The Kier molecular flexibility index (Phi) is 10.2. The second kappa shape index (κ2) is 12.0. The minimum Gasteiger partial charge on any atom is -0.285 e. The molecule has 0 radical (unpaired) electrons. The topological polar surface area (TPSA) is 28.7 Å².